The normalized spacial score (nSPS) is 11.7. The van der Waals surface area contributed by atoms with E-state index in [4.69, 9.17) is 11.6 Å². The van der Waals surface area contributed by atoms with Crippen LogP contribution >= 0.6 is 11.6 Å². The van der Waals surface area contributed by atoms with Crippen molar-refractivity contribution in [1.29, 1.82) is 0 Å². The Balaban J connectivity index is 2.25. The number of carbonyl (C=O) groups excluding carboxylic acids is 2. The summed E-state index contributed by atoms with van der Waals surface area (Å²) in [7, 11) is 1.60. The molecule has 0 heterocycles. The fourth-order valence-corrected chi connectivity index (χ4v) is 2.98. The summed E-state index contributed by atoms with van der Waals surface area (Å²) in [6.07, 6.45) is 0.786. The average Bonchev–Trinajstić information content (AvgIpc) is 2.64. The van der Waals surface area contributed by atoms with Gasteiger partial charge in [-0.1, -0.05) is 60.5 Å². The van der Waals surface area contributed by atoms with Crippen molar-refractivity contribution in [3.8, 4) is 0 Å². The number of hydrogen-bond donors (Lipinski definition) is 1. The number of hydrogen-bond acceptors (Lipinski definition) is 2. The molecule has 1 atom stereocenters. The standard InChI is InChI=1S/C21H25ClN2O2/c1-4-19(21(26)23-3)24(14-17-7-5-15(2)6-8-17)20(25)13-16-9-11-18(22)12-10-16/h5-12,19H,4,13-14H2,1-3H3,(H,23,26)/t19-/m0/s1. The van der Waals surface area contributed by atoms with Crippen LogP contribution in [-0.4, -0.2) is 29.8 Å². The van der Waals surface area contributed by atoms with Crippen LogP contribution in [0.3, 0.4) is 0 Å². The molecule has 138 valence electrons. The Morgan fingerprint density at radius 2 is 1.62 bits per heavy atom. The Hall–Kier alpha value is -2.33. The summed E-state index contributed by atoms with van der Waals surface area (Å²) in [5.41, 5.74) is 3.04. The SMILES string of the molecule is CC[C@@H](C(=O)NC)N(Cc1ccc(C)cc1)C(=O)Cc1ccc(Cl)cc1. The minimum atomic E-state index is -0.499. The van der Waals surface area contributed by atoms with Gasteiger partial charge in [-0.25, -0.2) is 0 Å². The van der Waals surface area contributed by atoms with Gasteiger partial charge in [0.05, 0.1) is 6.42 Å². The summed E-state index contributed by atoms with van der Waals surface area (Å²) < 4.78 is 0. The van der Waals surface area contributed by atoms with Gasteiger partial charge in [-0.05, 0) is 36.6 Å². The summed E-state index contributed by atoms with van der Waals surface area (Å²) in [6.45, 7) is 4.34. The number of nitrogens with one attached hydrogen (secondary N) is 1. The van der Waals surface area contributed by atoms with E-state index in [0.717, 1.165) is 16.7 Å². The Morgan fingerprint density at radius 3 is 2.15 bits per heavy atom. The highest BCUT2D eigenvalue weighted by molar-refractivity contribution is 6.30. The van der Waals surface area contributed by atoms with Crippen molar-refractivity contribution in [2.45, 2.75) is 39.3 Å². The third-order valence-corrected chi connectivity index (χ3v) is 4.63. The molecule has 5 heteroatoms. The fraction of sp³-hybridized carbons (Fsp3) is 0.333. The number of nitrogens with zero attached hydrogens (tertiary/aromatic N) is 1. The van der Waals surface area contributed by atoms with E-state index >= 15 is 0 Å². The highest BCUT2D eigenvalue weighted by Gasteiger charge is 2.27. The first-order valence-electron chi connectivity index (χ1n) is 8.75. The van der Waals surface area contributed by atoms with E-state index in [0.29, 0.717) is 18.0 Å². The van der Waals surface area contributed by atoms with Gasteiger partial charge in [-0.2, -0.15) is 0 Å². The second-order valence-electron chi connectivity index (χ2n) is 6.35. The molecule has 0 aromatic heterocycles. The van der Waals surface area contributed by atoms with Gasteiger partial charge in [-0.3, -0.25) is 9.59 Å². The van der Waals surface area contributed by atoms with Crippen LogP contribution in [-0.2, 0) is 22.6 Å². The highest BCUT2D eigenvalue weighted by atomic mass is 35.5. The van der Waals surface area contributed by atoms with E-state index < -0.39 is 6.04 Å². The lowest BCUT2D eigenvalue weighted by Crippen LogP contribution is -2.48. The largest absolute Gasteiger partial charge is 0.357 e. The zero-order valence-electron chi connectivity index (χ0n) is 15.5. The van der Waals surface area contributed by atoms with Gasteiger partial charge < -0.3 is 10.2 Å². The Bertz CT molecular complexity index is 742. The van der Waals surface area contributed by atoms with Crippen LogP contribution in [0.5, 0.6) is 0 Å². The smallest absolute Gasteiger partial charge is 0.242 e. The number of likely N-dealkylation sites (N-methyl/N-ethyl adjacent to an activating group) is 1. The minimum Gasteiger partial charge on any atom is -0.357 e. The quantitative estimate of drug-likeness (QED) is 0.804. The van der Waals surface area contributed by atoms with Gasteiger partial charge in [0.1, 0.15) is 6.04 Å². The van der Waals surface area contributed by atoms with Crippen LogP contribution in [0.25, 0.3) is 0 Å². The predicted octanol–water partition coefficient (Wildman–Crippen LogP) is 3.74. The zero-order valence-corrected chi connectivity index (χ0v) is 16.2. The Morgan fingerprint density at radius 1 is 1.04 bits per heavy atom. The summed E-state index contributed by atoms with van der Waals surface area (Å²) in [4.78, 5) is 27.0. The van der Waals surface area contributed by atoms with Crippen LogP contribution < -0.4 is 5.32 Å². The first-order valence-corrected chi connectivity index (χ1v) is 9.13. The van der Waals surface area contributed by atoms with Crippen molar-refractivity contribution in [1.82, 2.24) is 10.2 Å². The van der Waals surface area contributed by atoms with Gasteiger partial charge >= 0.3 is 0 Å². The number of benzene rings is 2. The van der Waals surface area contributed by atoms with Crippen LogP contribution in [0.4, 0.5) is 0 Å². The number of aryl methyl sites for hydroxylation is 1. The molecule has 0 aliphatic heterocycles. The topological polar surface area (TPSA) is 49.4 Å². The van der Waals surface area contributed by atoms with E-state index in [9.17, 15) is 9.59 Å². The third kappa shape index (κ3) is 5.33. The second kappa shape index (κ2) is 9.39. The van der Waals surface area contributed by atoms with E-state index in [-0.39, 0.29) is 18.2 Å². The molecule has 0 unspecified atom stereocenters. The van der Waals surface area contributed by atoms with Crippen molar-refractivity contribution in [2.24, 2.45) is 0 Å². The van der Waals surface area contributed by atoms with Gasteiger partial charge in [0.15, 0.2) is 0 Å². The molecule has 1 N–H and O–H groups in total. The van der Waals surface area contributed by atoms with Crippen LogP contribution in [0.2, 0.25) is 5.02 Å². The average molecular weight is 373 g/mol. The molecule has 0 aliphatic rings. The zero-order chi connectivity index (χ0) is 19.1. The Labute approximate surface area is 160 Å². The lowest BCUT2D eigenvalue weighted by atomic mass is 10.1. The molecule has 0 aliphatic carbocycles. The highest BCUT2D eigenvalue weighted by Crippen LogP contribution is 2.16. The molecule has 0 bridgehead atoms. The summed E-state index contributed by atoms with van der Waals surface area (Å²) in [5.74, 6) is -0.229. The third-order valence-electron chi connectivity index (χ3n) is 4.37. The van der Waals surface area contributed by atoms with Crippen molar-refractivity contribution in [3.05, 3.63) is 70.2 Å². The molecule has 0 spiro atoms. The fourth-order valence-electron chi connectivity index (χ4n) is 2.85. The van der Waals surface area contributed by atoms with Crippen molar-refractivity contribution >= 4 is 23.4 Å². The molecule has 2 aromatic rings. The monoisotopic (exact) mass is 372 g/mol. The van der Waals surface area contributed by atoms with Gasteiger partial charge in [0.2, 0.25) is 11.8 Å². The minimum absolute atomic E-state index is 0.0802. The lowest BCUT2D eigenvalue weighted by molar-refractivity contribution is -0.140. The van der Waals surface area contributed by atoms with E-state index in [1.54, 1.807) is 24.1 Å². The number of carbonyl (C=O) groups is 2. The summed E-state index contributed by atoms with van der Waals surface area (Å²) in [5, 5.41) is 3.30. The van der Waals surface area contributed by atoms with E-state index in [2.05, 4.69) is 5.32 Å². The molecule has 2 rings (SSSR count). The number of halogens is 1. The van der Waals surface area contributed by atoms with Crippen molar-refractivity contribution < 1.29 is 9.59 Å². The molecule has 0 saturated heterocycles. The molecule has 0 fully saturated rings. The molecular formula is C21H25ClN2O2. The van der Waals surface area contributed by atoms with Gasteiger partial charge in [0.25, 0.3) is 0 Å². The maximum absolute atomic E-state index is 13.0. The number of rotatable bonds is 7. The van der Waals surface area contributed by atoms with Crippen LogP contribution in [0.1, 0.15) is 30.0 Å². The van der Waals surface area contributed by atoms with Crippen LogP contribution in [0.15, 0.2) is 48.5 Å². The van der Waals surface area contributed by atoms with Gasteiger partial charge in [0, 0.05) is 18.6 Å². The molecule has 26 heavy (non-hydrogen) atoms. The molecule has 4 nitrogen and oxygen atoms in total. The number of amides is 2. The van der Waals surface area contributed by atoms with E-state index in [1.165, 1.54) is 0 Å². The first kappa shape index (κ1) is 20.0. The first-order chi connectivity index (χ1) is 12.4. The molecule has 0 saturated carbocycles. The second-order valence-corrected chi connectivity index (χ2v) is 6.79. The van der Waals surface area contributed by atoms with Crippen molar-refractivity contribution in [3.63, 3.8) is 0 Å². The molecule has 0 radical (unpaired) electrons. The maximum Gasteiger partial charge on any atom is 0.242 e. The summed E-state index contributed by atoms with van der Waals surface area (Å²) >= 11 is 5.92. The summed E-state index contributed by atoms with van der Waals surface area (Å²) in [6, 6.07) is 14.7. The molecule has 2 aromatic carbocycles. The van der Waals surface area contributed by atoms with Gasteiger partial charge in [-0.15, -0.1) is 0 Å². The van der Waals surface area contributed by atoms with Crippen LogP contribution in [0, 0.1) is 6.92 Å². The molecule has 2 amide bonds. The Kier molecular flexibility index (Phi) is 7.22. The van der Waals surface area contributed by atoms with Crippen molar-refractivity contribution in [2.75, 3.05) is 7.05 Å². The van der Waals surface area contributed by atoms with E-state index in [1.807, 2.05) is 50.2 Å². The molecular weight excluding hydrogens is 348 g/mol. The lowest BCUT2D eigenvalue weighted by Gasteiger charge is -2.30. The maximum atomic E-state index is 13.0. The predicted molar refractivity (Wildman–Crippen MR) is 105 cm³/mol.